The quantitative estimate of drug-likeness (QED) is 0.199. The number of anilines is 1. The summed E-state index contributed by atoms with van der Waals surface area (Å²) < 4.78 is 16.3. The molecule has 2 aromatic carbocycles. The first-order valence-corrected chi connectivity index (χ1v) is 12.0. The van der Waals surface area contributed by atoms with Crippen LogP contribution < -0.4 is 19.1 Å². The molecule has 4 aromatic rings. The molecule has 1 atom stereocenters. The van der Waals surface area contributed by atoms with Gasteiger partial charge in [0.2, 0.25) is 5.95 Å². The number of carbonyl (C=O) groups is 2. The van der Waals surface area contributed by atoms with Crippen LogP contribution in [0.5, 0.6) is 17.2 Å². The number of aromatic nitrogens is 3. The highest BCUT2D eigenvalue weighted by molar-refractivity contribution is 6.51. The monoisotopic (exact) mass is 534 g/mol. The largest absolute Gasteiger partial charge is 0.507 e. The van der Waals surface area contributed by atoms with E-state index >= 15 is 0 Å². The molecular formula is C27H23ClN4O6. The third-order valence-corrected chi connectivity index (χ3v) is 6.43. The highest BCUT2D eigenvalue weighted by Crippen LogP contribution is 2.42. The number of fused-ring (bicyclic) bond motifs is 1. The van der Waals surface area contributed by atoms with Gasteiger partial charge in [-0.2, -0.15) is 0 Å². The number of hydrogen-bond donors (Lipinski definition) is 2. The number of methoxy groups -OCH3 is 2. The van der Waals surface area contributed by atoms with E-state index in [9.17, 15) is 14.7 Å². The minimum atomic E-state index is -1.06. The smallest absolute Gasteiger partial charge is 0.302 e. The standard InChI is InChI=1S/C27H23ClN4O6/c1-4-38-19-11-14(8-9-15(19)28)24(33)22-23(16-7-5-6-10-29-16)32(26(35)25(22)34)27-30-17-12-20(36-2)21(37-3)13-18(17)31-27/h5-13,23,33H,4H2,1-3H3,(H,30,31)/b24-22+. The van der Waals surface area contributed by atoms with Gasteiger partial charge in [-0.25, -0.2) is 4.98 Å². The lowest BCUT2D eigenvalue weighted by atomic mass is 9.98. The zero-order valence-corrected chi connectivity index (χ0v) is 21.4. The number of ether oxygens (including phenoxy) is 3. The van der Waals surface area contributed by atoms with Gasteiger partial charge in [-0.05, 0) is 37.3 Å². The van der Waals surface area contributed by atoms with Gasteiger partial charge in [-0.15, -0.1) is 0 Å². The number of amides is 1. The molecule has 1 fully saturated rings. The number of Topliss-reactive ketones (excluding diaryl/α,β-unsaturated/α-hetero) is 1. The van der Waals surface area contributed by atoms with E-state index in [0.717, 1.165) is 0 Å². The Bertz CT molecular complexity index is 1540. The Hall–Kier alpha value is -4.57. The molecule has 3 heterocycles. The molecule has 1 saturated heterocycles. The lowest BCUT2D eigenvalue weighted by Crippen LogP contribution is -2.30. The molecule has 5 rings (SSSR count). The average Bonchev–Trinajstić information content (AvgIpc) is 3.46. The maximum Gasteiger partial charge on any atom is 0.302 e. The minimum Gasteiger partial charge on any atom is -0.507 e. The van der Waals surface area contributed by atoms with Crippen LogP contribution in [-0.2, 0) is 9.59 Å². The average molecular weight is 535 g/mol. The number of ketones is 1. The number of imidazole rings is 1. The second-order valence-electron chi connectivity index (χ2n) is 8.29. The molecule has 0 radical (unpaired) electrons. The van der Waals surface area contributed by atoms with E-state index < -0.39 is 23.5 Å². The number of aliphatic hydroxyl groups is 1. The highest BCUT2D eigenvalue weighted by Gasteiger charge is 2.49. The number of benzene rings is 2. The van der Waals surface area contributed by atoms with Crippen molar-refractivity contribution in [3.63, 3.8) is 0 Å². The number of halogens is 1. The number of nitrogens with zero attached hydrogens (tertiary/aromatic N) is 3. The van der Waals surface area contributed by atoms with Crippen LogP contribution in [0.15, 0.2) is 60.3 Å². The topological polar surface area (TPSA) is 127 Å². The van der Waals surface area contributed by atoms with Crippen molar-refractivity contribution < 1.29 is 28.9 Å². The van der Waals surface area contributed by atoms with Gasteiger partial charge in [0.25, 0.3) is 5.78 Å². The zero-order valence-electron chi connectivity index (χ0n) is 20.7. The molecule has 1 unspecified atom stereocenters. The van der Waals surface area contributed by atoms with Crippen LogP contribution in [0.2, 0.25) is 5.02 Å². The third-order valence-electron chi connectivity index (χ3n) is 6.12. The summed E-state index contributed by atoms with van der Waals surface area (Å²) in [7, 11) is 3.01. The first-order chi connectivity index (χ1) is 18.4. The molecule has 11 heteroatoms. The summed E-state index contributed by atoms with van der Waals surface area (Å²) >= 11 is 6.21. The van der Waals surface area contributed by atoms with Crippen molar-refractivity contribution in [3.05, 3.63) is 76.6 Å². The summed E-state index contributed by atoms with van der Waals surface area (Å²) in [6, 6.07) is 12.0. The highest BCUT2D eigenvalue weighted by atomic mass is 35.5. The Labute approximate surface area is 222 Å². The SMILES string of the molecule is CCOc1cc(/C(O)=C2\C(=O)C(=O)N(c3nc4cc(OC)c(OC)cc4[nH]3)C2c2ccccn2)ccc1Cl. The van der Waals surface area contributed by atoms with E-state index in [1.54, 1.807) is 55.6 Å². The number of rotatable bonds is 7. The predicted octanol–water partition coefficient (Wildman–Crippen LogP) is 4.65. The van der Waals surface area contributed by atoms with Crippen molar-refractivity contribution in [2.75, 3.05) is 25.7 Å². The summed E-state index contributed by atoms with van der Waals surface area (Å²) in [6.07, 6.45) is 1.54. The van der Waals surface area contributed by atoms with Crippen molar-refractivity contribution >= 4 is 46.0 Å². The number of H-pyrrole nitrogens is 1. The van der Waals surface area contributed by atoms with Crippen LogP contribution in [0.1, 0.15) is 24.2 Å². The number of aliphatic hydroxyl groups excluding tert-OH is 1. The fourth-order valence-electron chi connectivity index (χ4n) is 4.38. The van der Waals surface area contributed by atoms with Crippen molar-refractivity contribution in [3.8, 4) is 17.2 Å². The van der Waals surface area contributed by atoms with Gasteiger partial charge >= 0.3 is 5.91 Å². The van der Waals surface area contributed by atoms with Crippen LogP contribution in [-0.4, -0.2) is 52.6 Å². The van der Waals surface area contributed by atoms with Crippen LogP contribution in [0.3, 0.4) is 0 Å². The molecule has 1 aliphatic heterocycles. The number of pyridine rings is 1. The molecule has 1 amide bonds. The fraction of sp³-hybridized carbons (Fsp3) is 0.185. The first-order valence-electron chi connectivity index (χ1n) is 11.6. The second kappa shape index (κ2) is 10.1. The Kier molecular flexibility index (Phi) is 6.64. The summed E-state index contributed by atoms with van der Waals surface area (Å²) in [5, 5.41) is 11.7. The lowest BCUT2D eigenvalue weighted by Gasteiger charge is -2.22. The molecule has 2 N–H and O–H groups in total. The van der Waals surface area contributed by atoms with Crippen molar-refractivity contribution in [2.24, 2.45) is 0 Å². The van der Waals surface area contributed by atoms with Gasteiger partial charge in [0.05, 0.1) is 48.1 Å². The Morgan fingerprint density at radius 2 is 1.84 bits per heavy atom. The summed E-state index contributed by atoms with van der Waals surface area (Å²) in [4.78, 5) is 40.0. The Balaban J connectivity index is 1.70. The van der Waals surface area contributed by atoms with E-state index in [1.807, 2.05) is 0 Å². The molecule has 0 bridgehead atoms. The van der Waals surface area contributed by atoms with Crippen LogP contribution in [0, 0.1) is 0 Å². The molecule has 10 nitrogen and oxygen atoms in total. The van der Waals surface area contributed by atoms with Gasteiger partial charge in [0.1, 0.15) is 17.6 Å². The van der Waals surface area contributed by atoms with Gasteiger partial charge in [-0.3, -0.25) is 19.5 Å². The fourth-order valence-corrected chi connectivity index (χ4v) is 4.55. The lowest BCUT2D eigenvalue weighted by molar-refractivity contribution is -0.132. The number of carbonyl (C=O) groups excluding carboxylic acids is 2. The summed E-state index contributed by atoms with van der Waals surface area (Å²) in [6.45, 7) is 2.15. The van der Waals surface area contributed by atoms with Crippen molar-refractivity contribution in [2.45, 2.75) is 13.0 Å². The van der Waals surface area contributed by atoms with Gasteiger partial charge in [-0.1, -0.05) is 17.7 Å². The zero-order chi connectivity index (χ0) is 27.0. The van der Waals surface area contributed by atoms with E-state index in [2.05, 4.69) is 15.0 Å². The summed E-state index contributed by atoms with van der Waals surface area (Å²) in [5.74, 6) is -0.805. The van der Waals surface area contributed by atoms with E-state index in [-0.39, 0.29) is 17.1 Å². The number of nitrogens with one attached hydrogen (secondary N) is 1. The normalized spacial score (nSPS) is 16.7. The Morgan fingerprint density at radius 1 is 1.08 bits per heavy atom. The predicted molar refractivity (Wildman–Crippen MR) is 141 cm³/mol. The van der Waals surface area contributed by atoms with E-state index in [0.29, 0.717) is 45.6 Å². The van der Waals surface area contributed by atoms with Gasteiger partial charge in [0.15, 0.2) is 11.5 Å². The van der Waals surface area contributed by atoms with Crippen molar-refractivity contribution in [1.29, 1.82) is 0 Å². The second-order valence-corrected chi connectivity index (χ2v) is 8.69. The third kappa shape index (κ3) is 4.18. The molecule has 0 aliphatic carbocycles. The van der Waals surface area contributed by atoms with E-state index in [1.165, 1.54) is 25.2 Å². The molecule has 0 saturated carbocycles. The number of hydrogen-bond acceptors (Lipinski definition) is 8. The van der Waals surface area contributed by atoms with Crippen LogP contribution in [0.4, 0.5) is 5.95 Å². The van der Waals surface area contributed by atoms with E-state index in [4.69, 9.17) is 25.8 Å². The number of aromatic amines is 1. The molecule has 1 aliphatic rings. The van der Waals surface area contributed by atoms with Gasteiger partial charge in [0, 0.05) is 23.9 Å². The summed E-state index contributed by atoms with van der Waals surface area (Å²) in [5.41, 5.74) is 1.52. The molecule has 0 spiro atoms. The molecule has 2 aromatic heterocycles. The molecular weight excluding hydrogens is 512 g/mol. The van der Waals surface area contributed by atoms with Crippen molar-refractivity contribution in [1.82, 2.24) is 15.0 Å². The first kappa shape index (κ1) is 25.1. The minimum absolute atomic E-state index is 0.0956. The maximum absolute atomic E-state index is 13.4. The van der Waals surface area contributed by atoms with Gasteiger partial charge < -0.3 is 24.3 Å². The molecule has 194 valence electrons. The van der Waals surface area contributed by atoms with Crippen LogP contribution >= 0.6 is 11.6 Å². The molecule has 38 heavy (non-hydrogen) atoms. The van der Waals surface area contributed by atoms with Crippen LogP contribution in [0.25, 0.3) is 16.8 Å². The maximum atomic E-state index is 13.4. The Morgan fingerprint density at radius 3 is 2.53 bits per heavy atom.